The van der Waals surface area contributed by atoms with Gasteiger partial charge in [-0.3, -0.25) is 19.2 Å². The molecule has 4 aromatic heterocycles. The van der Waals surface area contributed by atoms with E-state index in [1.54, 1.807) is 30.3 Å². The Kier molecular flexibility index (Phi) is 21.5. The number of para-hydroxylation sites is 1. The van der Waals surface area contributed by atoms with Gasteiger partial charge in [0.1, 0.15) is 23.3 Å². The van der Waals surface area contributed by atoms with Gasteiger partial charge in [0.25, 0.3) is 22.2 Å². The zero-order valence-electron chi connectivity index (χ0n) is 46.7. The molecule has 8 aromatic rings. The van der Waals surface area contributed by atoms with Crippen molar-refractivity contribution in [2.75, 3.05) is 24.6 Å². The molecule has 450 valence electrons. The van der Waals surface area contributed by atoms with E-state index in [4.69, 9.17) is 16.7 Å². The first-order valence-electron chi connectivity index (χ1n) is 29.0. The Labute approximate surface area is 532 Å². The molecule has 7 fully saturated rings. The van der Waals surface area contributed by atoms with Crippen LogP contribution < -0.4 is 27.6 Å². The van der Waals surface area contributed by atoms with Crippen LogP contribution in [0.4, 0.5) is 0 Å². The highest BCUT2D eigenvalue weighted by molar-refractivity contribution is 9.11. The fourth-order valence-corrected chi connectivity index (χ4v) is 19.2. The van der Waals surface area contributed by atoms with Gasteiger partial charge in [0, 0.05) is 24.0 Å². The van der Waals surface area contributed by atoms with Crippen LogP contribution in [-0.4, -0.2) is 85.5 Å². The predicted octanol–water partition coefficient (Wildman–Crippen LogP) is 14.4. The number of carboxylic acids is 1. The largest absolute Gasteiger partial charge is 0.478 e. The van der Waals surface area contributed by atoms with Crippen molar-refractivity contribution in [1.82, 2.24) is 45.2 Å². The first-order chi connectivity index (χ1) is 40.6. The molecule has 0 unspecified atom stereocenters. The van der Waals surface area contributed by atoms with Crippen LogP contribution in [-0.2, 0) is 23.0 Å². The van der Waals surface area contributed by atoms with Gasteiger partial charge >= 0.3 is 5.97 Å². The normalized spacial score (nSPS) is 20.6. The highest BCUT2D eigenvalue weighted by Gasteiger charge is 2.51. The van der Waals surface area contributed by atoms with Crippen LogP contribution in [0.25, 0.3) is 43.6 Å². The summed E-state index contributed by atoms with van der Waals surface area (Å²) < 4.78 is 2.09. The molecule has 85 heavy (non-hydrogen) atoms. The van der Waals surface area contributed by atoms with Crippen LogP contribution in [0.15, 0.2) is 94.9 Å². The molecule has 6 saturated carbocycles. The average Bonchev–Trinajstić information content (AvgIpc) is 4.08. The zero-order valence-corrected chi connectivity index (χ0v) is 53.9. The molecule has 0 amide bonds. The number of nitrogens with one attached hydrogen (secondary N) is 5. The van der Waals surface area contributed by atoms with E-state index in [9.17, 15) is 24.0 Å². The number of hydrogen-bond acceptors (Lipinski definition) is 14. The first kappa shape index (κ1) is 63.5. The van der Waals surface area contributed by atoms with Crippen LogP contribution >= 0.6 is 90.5 Å². The number of aromatic amines is 4. The topological polar surface area (TPSA) is 232 Å². The van der Waals surface area contributed by atoms with Gasteiger partial charge in [-0.05, 0) is 201 Å². The molecule has 1 saturated heterocycles. The van der Waals surface area contributed by atoms with Gasteiger partial charge in [-0.2, -0.15) is 35.3 Å². The minimum absolute atomic E-state index is 0. The van der Waals surface area contributed by atoms with E-state index >= 15 is 0 Å². The molecule has 6 aliphatic carbocycles. The smallest absolute Gasteiger partial charge is 0.335 e. The lowest BCUT2D eigenvalue weighted by Crippen LogP contribution is -2.48. The highest BCUT2D eigenvalue weighted by atomic mass is 79.9. The molecule has 0 radical (unpaired) electrons. The van der Waals surface area contributed by atoms with E-state index in [0.29, 0.717) is 53.9 Å². The number of aromatic carboxylic acids is 1. The maximum absolute atomic E-state index is 12.4. The molecular formula is C63H72Br2ClN9O6S4. The van der Waals surface area contributed by atoms with Crippen molar-refractivity contribution in [3.8, 4) is 0 Å². The Balaban J connectivity index is 0.000000127. The number of aryl methyl sites for hydroxylation is 1. The van der Waals surface area contributed by atoms with Gasteiger partial charge in [0.2, 0.25) is 0 Å². The van der Waals surface area contributed by atoms with E-state index in [2.05, 4.69) is 77.0 Å². The maximum Gasteiger partial charge on any atom is 0.335 e. The monoisotopic (exact) mass is 1370 g/mol. The average molecular weight is 1370 g/mol. The fraction of sp³-hybridized carbons (Fsp3) is 0.476. The van der Waals surface area contributed by atoms with Crippen LogP contribution in [0.1, 0.15) is 130 Å². The number of nitrogens with zero attached hydrogens (tertiary/aromatic N) is 4. The standard InChI is InChI=1S/C20H22N2O3S.C15H18N2OS.C14H14Br2N2OS.C13H14ClN3OS.CH4/c23-18-15-2-1-14(19(24)25)6-16(15)21-17(22-18)10-26-20-7-11-3-12(8-20)5-13(4-11)9-20;1-10-4-2-7-12-14(10)16-13(17-15(12)18)9-19-8-11-5-3-6-11;15-8-5-10-13(11(16)6-8)17-12(18-14(10)19)7-20-9-3-1-2-4-9;14-9-1-2-11-10(3-9)13(18)17-12(16-11)7-19-6-8-4-15-5-8;/h1-2,6,11-13H,3-5,7-10H2,(H,24,25)(H,21,22,23);2,4,7,11H,3,5-6,8-9H2,1H3,(H,16,17,18);5-6,9H,1-4,7H2,(H,17,18,19);1-3,8,15H,4-7H2,(H,16,17,18);1H4. The fourth-order valence-electron chi connectivity index (χ4n) is 12.8. The molecule has 15 nitrogen and oxygen atoms in total. The van der Waals surface area contributed by atoms with Crippen molar-refractivity contribution in [2.45, 2.75) is 131 Å². The summed E-state index contributed by atoms with van der Waals surface area (Å²) in [4.78, 5) is 89.4. The summed E-state index contributed by atoms with van der Waals surface area (Å²) in [5.41, 5.74) is 3.57. The molecule has 5 heterocycles. The van der Waals surface area contributed by atoms with Crippen LogP contribution in [0.3, 0.4) is 0 Å². The Morgan fingerprint density at radius 3 is 1.85 bits per heavy atom. The second kappa shape index (κ2) is 28.8. The third kappa shape index (κ3) is 16.1. The van der Waals surface area contributed by atoms with Crippen LogP contribution in [0.5, 0.6) is 0 Å². The number of thioether (sulfide) groups is 4. The van der Waals surface area contributed by atoms with Crippen molar-refractivity contribution in [2.24, 2.45) is 29.6 Å². The summed E-state index contributed by atoms with van der Waals surface area (Å²) in [5, 5.41) is 16.0. The molecular weight excluding hydrogens is 1300 g/mol. The van der Waals surface area contributed by atoms with E-state index in [0.717, 1.165) is 114 Å². The summed E-state index contributed by atoms with van der Waals surface area (Å²) in [7, 11) is 0. The van der Waals surface area contributed by atoms with Gasteiger partial charge in [0.15, 0.2) is 0 Å². The SMILES string of the molecule is C.Cc1cccc2c(=O)[nH]c(CSCC3CCC3)nc12.O=C(O)c1ccc2c(=O)[nH]c(CSC34CC5CC(CC(C5)C3)C4)nc2c1.O=c1[nH]c(CSC2CCCC2)nc2c(Br)cc(Br)cc12.O=c1[nH]c(CSCC2CNC2)nc2ccc(Cl)cc12. The third-order valence-corrected chi connectivity index (χ3v) is 23.6. The Hall–Kier alpha value is -4.48. The Morgan fingerprint density at radius 1 is 0.624 bits per heavy atom. The highest BCUT2D eigenvalue weighted by Crippen LogP contribution is 2.61. The molecule has 22 heteroatoms. The number of hydrogen-bond donors (Lipinski definition) is 6. The molecule has 0 atom stereocenters. The summed E-state index contributed by atoms with van der Waals surface area (Å²) in [6.45, 7) is 4.21. The van der Waals surface area contributed by atoms with Gasteiger partial charge in [-0.1, -0.05) is 66.4 Å². The van der Waals surface area contributed by atoms with Crippen molar-refractivity contribution >= 4 is 140 Å². The number of aromatic nitrogens is 8. The lowest BCUT2D eigenvalue weighted by atomic mass is 9.56. The molecule has 1 aliphatic heterocycles. The molecule has 4 bridgehead atoms. The quantitative estimate of drug-likeness (QED) is 0.0560. The third-order valence-electron chi connectivity index (χ3n) is 17.0. The lowest BCUT2D eigenvalue weighted by molar-refractivity contribution is 0.0383. The summed E-state index contributed by atoms with van der Waals surface area (Å²) in [6, 6.07) is 19.1. The Bertz CT molecular complexity index is 3910. The van der Waals surface area contributed by atoms with E-state index in [1.165, 1.54) is 101 Å². The van der Waals surface area contributed by atoms with E-state index in [-0.39, 0.29) is 35.2 Å². The number of halogens is 3. The van der Waals surface area contributed by atoms with Gasteiger partial charge in [0.05, 0.1) is 72.2 Å². The number of rotatable bonds is 15. The minimum atomic E-state index is -1.00. The number of fused-ring (bicyclic) bond motifs is 4. The maximum atomic E-state index is 12.4. The number of benzene rings is 4. The van der Waals surface area contributed by atoms with Crippen molar-refractivity contribution in [3.05, 3.63) is 157 Å². The summed E-state index contributed by atoms with van der Waals surface area (Å²) in [6.07, 6.45) is 17.6. The Morgan fingerprint density at radius 2 is 1.21 bits per heavy atom. The van der Waals surface area contributed by atoms with Gasteiger partial charge < -0.3 is 30.4 Å². The molecule has 15 rings (SSSR count). The summed E-state index contributed by atoms with van der Waals surface area (Å²) in [5.74, 6) is 11.6. The van der Waals surface area contributed by atoms with E-state index in [1.807, 2.05) is 78.2 Å². The van der Waals surface area contributed by atoms with Crippen molar-refractivity contribution in [1.29, 1.82) is 0 Å². The molecule has 6 N–H and O–H groups in total. The molecule has 0 spiro atoms. The van der Waals surface area contributed by atoms with Crippen molar-refractivity contribution < 1.29 is 9.90 Å². The molecule has 7 aliphatic rings. The van der Waals surface area contributed by atoms with Crippen LogP contribution in [0.2, 0.25) is 5.02 Å². The summed E-state index contributed by atoms with van der Waals surface area (Å²) >= 11 is 20.3. The zero-order chi connectivity index (χ0) is 58.5. The van der Waals surface area contributed by atoms with Crippen LogP contribution in [0, 0.1) is 36.5 Å². The second-order valence-corrected chi connectivity index (χ2v) is 30.5. The minimum Gasteiger partial charge on any atom is -0.478 e. The van der Waals surface area contributed by atoms with Gasteiger partial charge in [-0.25, -0.2) is 24.7 Å². The number of carbonyl (C=O) groups is 1. The number of H-pyrrole nitrogens is 4. The predicted molar refractivity (Wildman–Crippen MR) is 360 cm³/mol. The second-order valence-electron chi connectivity index (χ2n) is 23.5. The van der Waals surface area contributed by atoms with Crippen molar-refractivity contribution in [3.63, 3.8) is 0 Å². The number of carboxylic acid groups (broad SMARTS) is 1. The van der Waals surface area contributed by atoms with Gasteiger partial charge in [-0.15, -0.1) is 11.8 Å². The van der Waals surface area contributed by atoms with E-state index < -0.39 is 5.97 Å². The first-order valence-corrected chi connectivity index (χ1v) is 35.3. The molecule has 4 aromatic carbocycles. The lowest BCUT2D eigenvalue weighted by Gasteiger charge is -2.56.